The molecule has 15 heavy (non-hydrogen) atoms. The Morgan fingerprint density at radius 2 is 2.27 bits per heavy atom. The van der Waals surface area contributed by atoms with Gasteiger partial charge in [-0.05, 0) is 27.7 Å². The van der Waals surface area contributed by atoms with E-state index in [-0.39, 0.29) is 11.5 Å². The zero-order valence-electron chi connectivity index (χ0n) is 9.78. The quantitative estimate of drug-likeness (QED) is 0.713. The second kappa shape index (κ2) is 4.47. The third-order valence-corrected chi connectivity index (χ3v) is 2.29. The Hall–Kier alpha value is -1.32. The lowest BCUT2D eigenvalue weighted by molar-refractivity contribution is -0.145. The van der Waals surface area contributed by atoms with Crippen molar-refractivity contribution < 1.29 is 9.53 Å². The van der Waals surface area contributed by atoms with Crippen LogP contribution in [-0.2, 0) is 15.1 Å². The maximum atomic E-state index is 11.4. The van der Waals surface area contributed by atoms with Gasteiger partial charge in [0.1, 0.15) is 0 Å². The third kappa shape index (κ3) is 3.08. The summed E-state index contributed by atoms with van der Waals surface area (Å²) in [6, 6.07) is 0. The van der Waals surface area contributed by atoms with Gasteiger partial charge in [0.25, 0.3) is 0 Å². The van der Waals surface area contributed by atoms with Crippen molar-refractivity contribution in [3.63, 3.8) is 0 Å². The Bertz CT molecular complexity index is 342. The van der Waals surface area contributed by atoms with Crippen molar-refractivity contribution in [3.05, 3.63) is 18.2 Å². The molecule has 1 rings (SSSR count). The van der Waals surface area contributed by atoms with Crippen molar-refractivity contribution in [2.75, 3.05) is 6.61 Å². The number of aromatic nitrogens is 2. The molecule has 0 aromatic carbocycles. The molecule has 0 saturated heterocycles. The predicted octanol–water partition coefficient (Wildman–Crippen LogP) is 1.88. The molecule has 0 aliphatic heterocycles. The minimum atomic E-state index is -0.284. The number of hydrogen-bond acceptors (Lipinski definition) is 3. The number of aryl methyl sites for hydroxylation is 1. The summed E-state index contributed by atoms with van der Waals surface area (Å²) in [4.78, 5) is 15.5. The zero-order chi connectivity index (χ0) is 11.5. The van der Waals surface area contributed by atoms with Gasteiger partial charge in [-0.1, -0.05) is 0 Å². The van der Waals surface area contributed by atoms with Crippen LogP contribution in [0.25, 0.3) is 0 Å². The first-order chi connectivity index (χ1) is 6.95. The van der Waals surface area contributed by atoms with Crippen molar-refractivity contribution in [1.82, 2.24) is 9.55 Å². The molecule has 0 N–H and O–H groups in total. The average molecular weight is 210 g/mol. The third-order valence-electron chi connectivity index (χ3n) is 2.29. The van der Waals surface area contributed by atoms with Gasteiger partial charge in [0.15, 0.2) is 0 Å². The summed E-state index contributed by atoms with van der Waals surface area (Å²) in [5, 5.41) is 0. The van der Waals surface area contributed by atoms with Crippen molar-refractivity contribution in [1.29, 1.82) is 0 Å². The average Bonchev–Trinajstić information content (AvgIpc) is 2.51. The minimum absolute atomic E-state index is 0.172. The molecule has 0 radical (unpaired) electrons. The van der Waals surface area contributed by atoms with E-state index in [0.717, 1.165) is 5.69 Å². The maximum absolute atomic E-state index is 11.4. The summed E-state index contributed by atoms with van der Waals surface area (Å²) in [6.45, 7) is 8.15. The van der Waals surface area contributed by atoms with E-state index in [1.807, 2.05) is 38.5 Å². The maximum Gasteiger partial charge on any atom is 0.308 e. The van der Waals surface area contributed by atoms with E-state index in [9.17, 15) is 4.79 Å². The minimum Gasteiger partial charge on any atom is -0.466 e. The Kier molecular flexibility index (Phi) is 3.50. The van der Waals surface area contributed by atoms with Crippen LogP contribution in [0.2, 0.25) is 0 Å². The lowest BCUT2D eigenvalue weighted by Gasteiger charge is -2.25. The first-order valence-corrected chi connectivity index (χ1v) is 5.12. The fourth-order valence-corrected chi connectivity index (χ4v) is 1.41. The molecule has 1 aromatic rings. The molecule has 0 spiro atoms. The van der Waals surface area contributed by atoms with E-state index in [1.165, 1.54) is 0 Å². The highest BCUT2D eigenvalue weighted by atomic mass is 16.5. The van der Waals surface area contributed by atoms with Crippen LogP contribution in [0.15, 0.2) is 12.5 Å². The molecule has 4 nitrogen and oxygen atoms in total. The standard InChI is InChI=1S/C11H18N2O2/c1-5-15-10(14)6-11(3,4)13-7-9(2)12-8-13/h7-8H,5-6H2,1-4H3. The summed E-state index contributed by atoms with van der Waals surface area (Å²) >= 11 is 0. The smallest absolute Gasteiger partial charge is 0.308 e. The van der Waals surface area contributed by atoms with Crippen molar-refractivity contribution in [3.8, 4) is 0 Å². The van der Waals surface area contributed by atoms with E-state index >= 15 is 0 Å². The van der Waals surface area contributed by atoms with Crippen molar-refractivity contribution >= 4 is 5.97 Å². The van der Waals surface area contributed by atoms with Gasteiger partial charge in [0.2, 0.25) is 0 Å². The molecule has 0 unspecified atom stereocenters. The molecular formula is C11H18N2O2. The highest BCUT2D eigenvalue weighted by Crippen LogP contribution is 2.20. The van der Waals surface area contributed by atoms with Crippen LogP contribution in [0.4, 0.5) is 0 Å². The van der Waals surface area contributed by atoms with E-state index in [4.69, 9.17) is 4.74 Å². The van der Waals surface area contributed by atoms with Gasteiger partial charge in [0.05, 0.1) is 30.6 Å². The van der Waals surface area contributed by atoms with Gasteiger partial charge < -0.3 is 9.30 Å². The number of rotatable bonds is 4. The first kappa shape index (κ1) is 11.8. The van der Waals surface area contributed by atoms with Gasteiger partial charge in [-0.2, -0.15) is 0 Å². The first-order valence-electron chi connectivity index (χ1n) is 5.12. The number of ether oxygens (including phenoxy) is 1. The van der Waals surface area contributed by atoms with Crippen LogP contribution in [0, 0.1) is 6.92 Å². The van der Waals surface area contributed by atoms with Crippen LogP contribution in [0.5, 0.6) is 0 Å². The highest BCUT2D eigenvalue weighted by molar-refractivity contribution is 5.70. The van der Waals surface area contributed by atoms with Crippen LogP contribution in [-0.4, -0.2) is 22.1 Å². The van der Waals surface area contributed by atoms with Crippen LogP contribution in [0.3, 0.4) is 0 Å². The van der Waals surface area contributed by atoms with Gasteiger partial charge in [0, 0.05) is 6.20 Å². The SMILES string of the molecule is CCOC(=O)CC(C)(C)n1cnc(C)c1. The molecule has 1 aromatic heterocycles. The topological polar surface area (TPSA) is 44.1 Å². The molecule has 0 fully saturated rings. The van der Waals surface area contributed by atoms with Gasteiger partial charge in [-0.15, -0.1) is 0 Å². The molecule has 0 atom stereocenters. The van der Waals surface area contributed by atoms with Crippen LogP contribution >= 0.6 is 0 Å². The second-order valence-corrected chi connectivity index (χ2v) is 4.22. The summed E-state index contributed by atoms with van der Waals surface area (Å²) < 4.78 is 6.88. The molecule has 0 saturated carbocycles. The molecule has 4 heteroatoms. The largest absolute Gasteiger partial charge is 0.466 e. The highest BCUT2D eigenvalue weighted by Gasteiger charge is 2.24. The molecular weight excluding hydrogens is 192 g/mol. The normalized spacial score (nSPS) is 11.5. The summed E-state index contributed by atoms with van der Waals surface area (Å²) in [7, 11) is 0. The molecule has 84 valence electrons. The van der Waals surface area contributed by atoms with E-state index < -0.39 is 0 Å². The molecule has 0 amide bonds. The fraction of sp³-hybridized carbons (Fsp3) is 0.636. The number of hydrogen-bond donors (Lipinski definition) is 0. The van der Waals surface area contributed by atoms with Crippen LogP contribution < -0.4 is 0 Å². The number of nitrogens with zero attached hydrogens (tertiary/aromatic N) is 2. The molecule has 0 aliphatic rings. The van der Waals surface area contributed by atoms with Gasteiger partial charge in [-0.3, -0.25) is 4.79 Å². The van der Waals surface area contributed by atoms with Gasteiger partial charge in [-0.25, -0.2) is 4.98 Å². The van der Waals surface area contributed by atoms with Gasteiger partial charge >= 0.3 is 5.97 Å². The number of carbonyl (C=O) groups is 1. The fourth-order valence-electron chi connectivity index (χ4n) is 1.41. The van der Waals surface area contributed by atoms with E-state index in [2.05, 4.69) is 4.98 Å². The summed E-state index contributed by atoms with van der Waals surface area (Å²) in [6.07, 6.45) is 4.03. The zero-order valence-corrected chi connectivity index (χ0v) is 9.78. The number of imidazole rings is 1. The second-order valence-electron chi connectivity index (χ2n) is 4.22. The molecule has 0 bridgehead atoms. The summed E-state index contributed by atoms with van der Waals surface area (Å²) in [5.74, 6) is -0.172. The van der Waals surface area contributed by atoms with E-state index in [0.29, 0.717) is 13.0 Å². The monoisotopic (exact) mass is 210 g/mol. The lowest BCUT2D eigenvalue weighted by Crippen LogP contribution is -2.29. The Morgan fingerprint density at radius 1 is 1.60 bits per heavy atom. The molecule has 1 heterocycles. The lowest BCUT2D eigenvalue weighted by atomic mass is 10.0. The van der Waals surface area contributed by atoms with Crippen molar-refractivity contribution in [2.24, 2.45) is 0 Å². The van der Waals surface area contributed by atoms with E-state index in [1.54, 1.807) is 6.33 Å². The summed E-state index contributed by atoms with van der Waals surface area (Å²) in [5.41, 5.74) is 0.667. The Labute approximate surface area is 90.3 Å². The van der Waals surface area contributed by atoms with Crippen LogP contribution in [0.1, 0.15) is 32.9 Å². The Balaban J connectivity index is 2.70. The number of esters is 1. The number of carbonyl (C=O) groups excluding carboxylic acids is 1. The predicted molar refractivity (Wildman–Crippen MR) is 57.5 cm³/mol. The van der Waals surface area contributed by atoms with Crippen molar-refractivity contribution in [2.45, 2.75) is 39.7 Å². The Morgan fingerprint density at radius 3 is 2.73 bits per heavy atom. The molecule has 0 aliphatic carbocycles.